The number of carbonyl (C=O) groups excluding carboxylic acids is 1. The van der Waals surface area contributed by atoms with Gasteiger partial charge in [0.05, 0.1) is 18.6 Å². The molecule has 0 aliphatic rings. The zero-order valence-corrected chi connectivity index (χ0v) is 15.6. The third kappa shape index (κ3) is 3.98. The van der Waals surface area contributed by atoms with E-state index < -0.39 is 16.9 Å². The number of nitrogens with zero attached hydrogens (tertiary/aromatic N) is 6. The lowest BCUT2D eigenvalue weighted by molar-refractivity contribution is -0.385. The molecule has 0 saturated heterocycles. The van der Waals surface area contributed by atoms with E-state index in [4.69, 9.17) is 4.74 Å². The monoisotopic (exact) mass is 385 g/mol. The van der Waals surface area contributed by atoms with Gasteiger partial charge in [0.15, 0.2) is 0 Å². The van der Waals surface area contributed by atoms with Crippen molar-refractivity contribution < 1.29 is 14.5 Å². The Morgan fingerprint density at radius 1 is 1.36 bits per heavy atom. The summed E-state index contributed by atoms with van der Waals surface area (Å²) in [5.74, 6) is -0.488. The smallest absolute Gasteiger partial charge is 0.350 e. The third-order valence-corrected chi connectivity index (χ3v) is 4.21. The van der Waals surface area contributed by atoms with Gasteiger partial charge in [-0.25, -0.2) is 14.3 Å². The van der Waals surface area contributed by atoms with Crippen LogP contribution in [0.25, 0.3) is 0 Å². The molecule has 2 aromatic heterocycles. The first-order chi connectivity index (χ1) is 13.4. The van der Waals surface area contributed by atoms with Crippen LogP contribution >= 0.6 is 0 Å². The molecule has 28 heavy (non-hydrogen) atoms. The molecule has 0 saturated carbocycles. The van der Waals surface area contributed by atoms with Crippen molar-refractivity contribution in [3.8, 4) is 5.88 Å². The van der Waals surface area contributed by atoms with Crippen LogP contribution in [-0.2, 0) is 11.3 Å². The molecule has 0 aliphatic heterocycles. The van der Waals surface area contributed by atoms with Gasteiger partial charge >= 0.3 is 11.6 Å². The fourth-order valence-corrected chi connectivity index (χ4v) is 2.56. The lowest BCUT2D eigenvalue weighted by atomic mass is 10.1. The van der Waals surface area contributed by atoms with Crippen LogP contribution < -0.4 is 10.1 Å². The molecule has 1 N–H and O–H groups in total. The number of nitro groups is 1. The van der Waals surface area contributed by atoms with Crippen LogP contribution in [0.2, 0.25) is 0 Å². The zero-order chi connectivity index (χ0) is 20.3. The Morgan fingerprint density at radius 2 is 2.11 bits per heavy atom. The van der Waals surface area contributed by atoms with Crippen molar-refractivity contribution in [1.29, 1.82) is 0 Å². The molecular formula is C17H19N7O4. The number of carbonyl (C=O) groups is 1. The van der Waals surface area contributed by atoms with Crippen molar-refractivity contribution >= 4 is 17.5 Å². The van der Waals surface area contributed by atoms with Crippen molar-refractivity contribution in [2.24, 2.45) is 0 Å². The molecule has 3 rings (SSSR count). The average Bonchev–Trinajstić information content (AvgIpc) is 3.29. The maximum atomic E-state index is 12.4. The highest BCUT2D eigenvalue weighted by atomic mass is 16.6. The number of benzene rings is 1. The molecule has 11 heteroatoms. The fourth-order valence-electron chi connectivity index (χ4n) is 2.56. The highest BCUT2D eigenvalue weighted by Crippen LogP contribution is 2.26. The molecule has 3 aromatic rings. The molecule has 2 heterocycles. The van der Waals surface area contributed by atoms with Crippen LogP contribution in [0, 0.1) is 17.0 Å². The average molecular weight is 385 g/mol. The molecule has 0 aliphatic carbocycles. The van der Waals surface area contributed by atoms with E-state index in [1.165, 1.54) is 13.4 Å². The second-order valence-electron chi connectivity index (χ2n) is 6.12. The first kappa shape index (κ1) is 19.0. The fraction of sp³-hybridized carbons (Fsp3) is 0.294. The number of amides is 1. The van der Waals surface area contributed by atoms with Gasteiger partial charge in [-0.05, 0) is 25.0 Å². The Morgan fingerprint density at radius 3 is 2.75 bits per heavy atom. The van der Waals surface area contributed by atoms with E-state index in [1.54, 1.807) is 11.6 Å². The maximum absolute atomic E-state index is 12.4. The van der Waals surface area contributed by atoms with Crippen LogP contribution in [0.3, 0.4) is 0 Å². The molecular weight excluding hydrogens is 366 g/mol. The molecule has 1 unspecified atom stereocenters. The van der Waals surface area contributed by atoms with Crippen molar-refractivity contribution in [3.05, 3.63) is 58.0 Å². The first-order valence-electron chi connectivity index (χ1n) is 8.41. The normalized spacial score (nSPS) is 11.8. The van der Waals surface area contributed by atoms with Gasteiger partial charge in [0, 0.05) is 0 Å². The Kier molecular flexibility index (Phi) is 5.34. The summed E-state index contributed by atoms with van der Waals surface area (Å²) in [4.78, 5) is 26.9. The molecule has 0 bridgehead atoms. The van der Waals surface area contributed by atoms with Gasteiger partial charge in [0.25, 0.3) is 5.91 Å². The number of hydrogen-bond donors (Lipinski definition) is 1. The van der Waals surface area contributed by atoms with Gasteiger partial charge in [-0.1, -0.05) is 24.3 Å². The number of aryl methyl sites for hydroxylation is 1. The van der Waals surface area contributed by atoms with E-state index in [9.17, 15) is 14.9 Å². The summed E-state index contributed by atoms with van der Waals surface area (Å²) in [7, 11) is 1.27. The first-order valence-corrected chi connectivity index (χ1v) is 8.41. The van der Waals surface area contributed by atoms with E-state index >= 15 is 0 Å². The van der Waals surface area contributed by atoms with E-state index in [0.29, 0.717) is 6.54 Å². The molecule has 0 radical (unpaired) electrons. The quantitative estimate of drug-likeness (QED) is 0.486. The summed E-state index contributed by atoms with van der Waals surface area (Å²) in [6.07, 6.45) is 2.67. The van der Waals surface area contributed by atoms with Crippen molar-refractivity contribution in [2.45, 2.75) is 26.4 Å². The highest BCUT2D eigenvalue weighted by molar-refractivity contribution is 5.91. The van der Waals surface area contributed by atoms with Gasteiger partial charge in [0.1, 0.15) is 18.6 Å². The van der Waals surface area contributed by atoms with Crippen molar-refractivity contribution in [2.75, 3.05) is 12.4 Å². The van der Waals surface area contributed by atoms with Crippen molar-refractivity contribution in [1.82, 2.24) is 24.5 Å². The summed E-state index contributed by atoms with van der Waals surface area (Å²) < 4.78 is 7.65. The summed E-state index contributed by atoms with van der Waals surface area (Å²) in [6.45, 7) is 4.08. The van der Waals surface area contributed by atoms with Crippen LogP contribution in [0.4, 0.5) is 11.6 Å². The number of anilines is 1. The van der Waals surface area contributed by atoms with E-state index in [0.717, 1.165) is 22.0 Å². The number of methoxy groups -OCH3 is 1. The van der Waals surface area contributed by atoms with E-state index in [2.05, 4.69) is 20.5 Å². The molecule has 1 aromatic carbocycles. The number of nitrogens with one attached hydrogen (secondary N) is 1. The van der Waals surface area contributed by atoms with E-state index in [-0.39, 0.29) is 17.5 Å². The topological polar surface area (TPSA) is 130 Å². The van der Waals surface area contributed by atoms with E-state index in [1.807, 2.05) is 31.2 Å². The Bertz CT molecular complexity index is 1010. The van der Waals surface area contributed by atoms with Gasteiger partial charge < -0.3 is 4.74 Å². The minimum Gasteiger partial charge on any atom is -0.475 e. The van der Waals surface area contributed by atoms with Crippen molar-refractivity contribution in [3.63, 3.8) is 0 Å². The Hall–Kier alpha value is -3.76. The summed E-state index contributed by atoms with van der Waals surface area (Å²) in [5, 5.41) is 21.8. The summed E-state index contributed by atoms with van der Waals surface area (Å²) >= 11 is 0. The molecule has 146 valence electrons. The lowest BCUT2D eigenvalue weighted by Gasteiger charge is -2.10. The number of hydrogen-bond acceptors (Lipinski definition) is 7. The predicted molar refractivity (Wildman–Crippen MR) is 99.1 cm³/mol. The van der Waals surface area contributed by atoms with Crippen LogP contribution in [0.5, 0.6) is 5.88 Å². The number of aromatic nitrogens is 5. The predicted octanol–water partition coefficient (Wildman–Crippen LogP) is 1.95. The molecule has 0 spiro atoms. The lowest BCUT2D eigenvalue weighted by Crippen LogP contribution is -2.24. The molecule has 11 nitrogen and oxygen atoms in total. The second-order valence-corrected chi connectivity index (χ2v) is 6.12. The molecule has 1 amide bonds. The number of rotatable bonds is 7. The van der Waals surface area contributed by atoms with Crippen LogP contribution in [0.15, 0.2) is 36.8 Å². The van der Waals surface area contributed by atoms with Gasteiger partial charge in [-0.2, -0.15) is 0 Å². The number of ether oxygens (including phenoxy) is 1. The van der Waals surface area contributed by atoms with Gasteiger partial charge in [-0.15, -0.1) is 10.2 Å². The minimum absolute atomic E-state index is 0.138. The second kappa shape index (κ2) is 7.86. The minimum atomic E-state index is -0.828. The van der Waals surface area contributed by atoms with Crippen LogP contribution in [0.1, 0.15) is 24.1 Å². The van der Waals surface area contributed by atoms with Gasteiger partial charge in [0.2, 0.25) is 5.95 Å². The maximum Gasteiger partial charge on any atom is 0.350 e. The Labute approximate surface area is 160 Å². The summed E-state index contributed by atoms with van der Waals surface area (Å²) in [5.41, 5.74) is 1.91. The standard InChI is InChI=1S/C17H19N7O4/c1-11-6-4-5-7-13(11)8-22-10-18-17(21-22)19-15(25)12(2)23-9-14(24(26)27)16(20-23)28-3/h4-7,9-10,12H,8H2,1-3H3,(H,19,21,25). The highest BCUT2D eigenvalue weighted by Gasteiger charge is 2.25. The summed E-state index contributed by atoms with van der Waals surface area (Å²) in [6, 6.07) is 7.08. The van der Waals surface area contributed by atoms with Gasteiger partial charge in [-0.3, -0.25) is 20.2 Å². The Balaban J connectivity index is 1.69. The van der Waals surface area contributed by atoms with Crippen LogP contribution in [-0.4, -0.2) is 42.5 Å². The largest absolute Gasteiger partial charge is 0.475 e. The third-order valence-electron chi connectivity index (χ3n) is 4.21. The molecule has 0 fully saturated rings. The zero-order valence-electron chi connectivity index (χ0n) is 15.6. The molecule has 1 atom stereocenters. The SMILES string of the molecule is COc1nn(C(C)C(=O)Nc2ncn(Cc3ccccc3C)n2)cc1[N+](=O)[O-].